The summed E-state index contributed by atoms with van der Waals surface area (Å²) in [5, 5.41) is 17.4. The van der Waals surface area contributed by atoms with Crippen LogP contribution in [-0.2, 0) is 0 Å². The molecule has 0 amide bonds. The molecule has 0 aromatic carbocycles. The normalized spacial score (nSPS) is 34.6. The van der Waals surface area contributed by atoms with Crippen LogP contribution in [0.4, 0.5) is 0 Å². The summed E-state index contributed by atoms with van der Waals surface area (Å²) in [6.07, 6.45) is 2.46. The van der Waals surface area contributed by atoms with Gasteiger partial charge in [0.1, 0.15) is 0 Å². The first-order valence-corrected chi connectivity index (χ1v) is 3.08. The molecule has 1 fully saturated rings. The van der Waals surface area contributed by atoms with Gasteiger partial charge in [0.25, 0.3) is 0 Å². The Labute approximate surface area is 54.5 Å². The van der Waals surface area contributed by atoms with E-state index < -0.39 is 0 Å². The van der Waals surface area contributed by atoms with Crippen molar-refractivity contribution in [2.24, 2.45) is 0 Å². The Morgan fingerprint density at radius 2 is 2.44 bits per heavy atom. The van der Waals surface area contributed by atoms with Crippen molar-refractivity contribution in [2.75, 3.05) is 6.54 Å². The lowest BCUT2D eigenvalue weighted by Gasteiger charge is -2.10. The van der Waals surface area contributed by atoms with Gasteiger partial charge in [-0.15, -0.1) is 0 Å². The summed E-state index contributed by atoms with van der Waals surface area (Å²) in [7, 11) is 0. The minimum Gasteiger partial charge on any atom is -0.391 e. The minimum absolute atomic E-state index is 0.227. The second-order valence-corrected chi connectivity index (χ2v) is 2.49. The van der Waals surface area contributed by atoms with Gasteiger partial charge in [0.2, 0.25) is 0 Å². The SMILES string of the molecule is CC1C[C@H](O)CN1C#N. The maximum Gasteiger partial charge on any atom is 0.179 e. The van der Waals surface area contributed by atoms with Gasteiger partial charge in [-0.1, -0.05) is 0 Å². The number of β-amino-alcohol motifs (C(OH)–C–C–N with tert-alkyl or cyclic N) is 1. The molecule has 1 saturated heterocycles. The fraction of sp³-hybridized carbons (Fsp3) is 0.833. The number of nitrogens with zero attached hydrogens (tertiary/aromatic N) is 2. The Bertz CT molecular complexity index is 140. The first-order chi connectivity index (χ1) is 4.24. The second-order valence-electron chi connectivity index (χ2n) is 2.49. The van der Waals surface area contributed by atoms with Crippen LogP contribution in [-0.4, -0.2) is 28.7 Å². The zero-order valence-electron chi connectivity index (χ0n) is 5.41. The molecule has 1 heterocycles. The first-order valence-electron chi connectivity index (χ1n) is 3.08. The minimum atomic E-state index is -0.292. The van der Waals surface area contributed by atoms with Gasteiger partial charge in [0.15, 0.2) is 6.19 Å². The van der Waals surface area contributed by atoms with E-state index >= 15 is 0 Å². The highest BCUT2D eigenvalue weighted by Crippen LogP contribution is 2.14. The van der Waals surface area contributed by atoms with Crippen LogP contribution in [0.3, 0.4) is 0 Å². The molecule has 1 N–H and O–H groups in total. The number of likely N-dealkylation sites (tertiary alicyclic amines) is 1. The Balaban J connectivity index is 2.50. The van der Waals surface area contributed by atoms with Gasteiger partial charge in [-0.3, -0.25) is 0 Å². The Kier molecular flexibility index (Phi) is 1.58. The van der Waals surface area contributed by atoms with Crippen LogP contribution in [0.15, 0.2) is 0 Å². The van der Waals surface area contributed by atoms with Crippen LogP contribution >= 0.6 is 0 Å². The molecule has 9 heavy (non-hydrogen) atoms. The summed E-state index contributed by atoms with van der Waals surface area (Å²) in [6.45, 7) is 2.46. The first kappa shape index (κ1) is 6.37. The van der Waals surface area contributed by atoms with Crippen molar-refractivity contribution in [2.45, 2.75) is 25.5 Å². The van der Waals surface area contributed by atoms with Crippen molar-refractivity contribution in [3.8, 4) is 6.19 Å². The van der Waals surface area contributed by atoms with E-state index in [1.54, 1.807) is 4.90 Å². The number of rotatable bonds is 0. The smallest absolute Gasteiger partial charge is 0.179 e. The summed E-state index contributed by atoms with van der Waals surface area (Å²) in [4.78, 5) is 1.60. The van der Waals surface area contributed by atoms with Crippen molar-refractivity contribution in [1.29, 1.82) is 5.26 Å². The third kappa shape index (κ3) is 1.14. The summed E-state index contributed by atoms with van der Waals surface area (Å²) >= 11 is 0. The van der Waals surface area contributed by atoms with Gasteiger partial charge in [-0.2, -0.15) is 5.26 Å². The Hall–Kier alpha value is -0.750. The molecule has 0 bridgehead atoms. The lowest BCUT2D eigenvalue weighted by molar-refractivity contribution is 0.186. The van der Waals surface area contributed by atoms with Crippen molar-refractivity contribution >= 4 is 0 Å². The highest BCUT2D eigenvalue weighted by Gasteiger charge is 2.25. The maximum atomic E-state index is 9.01. The molecular weight excluding hydrogens is 116 g/mol. The number of nitriles is 1. The Morgan fingerprint density at radius 3 is 2.67 bits per heavy atom. The molecule has 0 spiro atoms. The largest absolute Gasteiger partial charge is 0.391 e. The fourth-order valence-corrected chi connectivity index (χ4v) is 1.14. The molecule has 1 rings (SSSR count). The van der Waals surface area contributed by atoms with E-state index in [9.17, 15) is 0 Å². The van der Waals surface area contributed by atoms with Gasteiger partial charge in [0.05, 0.1) is 12.6 Å². The van der Waals surface area contributed by atoms with Crippen LogP contribution in [0, 0.1) is 11.5 Å². The average molecular weight is 126 g/mol. The molecule has 3 heteroatoms. The van der Waals surface area contributed by atoms with Crippen LogP contribution < -0.4 is 0 Å². The van der Waals surface area contributed by atoms with Gasteiger partial charge in [0, 0.05) is 6.04 Å². The van der Waals surface area contributed by atoms with Gasteiger partial charge < -0.3 is 10.0 Å². The molecule has 0 aromatic heterocycles. The summed E-state index contributed by atoms with van der Waals surface area (Å²) in [6, 6.07) is 0.227. The summed E-state index contributed by atoms with van der Waals surface area (Å²) in [5.41, 5.74) is 0. The van der Waals surface area contributed by atoms with E-state index in [0.29, 0.717) is 6.54 Å². The van der Waals surface area contributed by atoms with Crippen LogP contribution in [0.1, 0.15) is 13.3 Å². The van der Waals surface area contributed by atoms with E-state index in [4.69, 9.17) is 10.4 Å². The number of aliphatic hydroxyl groups is 1. The van der Waals surface area contributed by atoms with Crippen molar-refractivity contribution in [3.63, 3.8) is 0 Å². The van der Waals surface area contributed by atoms with Crippen molar-refractivity contribution in [1.82, 2.24) is 4.90 Å². The third-order valence-corrected chi connectivity index (χ3v) is 1.68. The lowest BCUT2D eigenvalue weighted by atomic mass is 10.2. The molecule has 1 aliphatic rings. The topological polar surface area (TPSA) is 47.3 Å². The summed E-state index contributed by atoms with van der Waals surface area (Å²) < 4.78 is 0. The second kappa shape index (κ2) is 2.24. The lowest BCUT2D eigenvalue weighted by Crippen LogP contribution is -2.21. The van der Waals surface area contributed by atoms with E-state index in [-0.39, 0.29) is 12.1 Å². The highest BCUT2D eigenvalue weighted by atomic mass is 16.3. The van der Waals surface area contributed by atoms with E-state index in [2.05, 4.69) is 0 Å². The molecule has 1 unspecified atom stereocenters. The highest BCUT2D eigenvalue weighted by molar-refractivity contribution is 4.89. The van der Waals surface area contributed by atoms with Crippen LogP contribution in [0.5, 0.6) is 0 Å². The quantitative estimate of drug-likeness (QED) is 0.462. The maximum absolute atomic E-state index is 9.01. The zero-order valence-corrected chi connectivity index (χ0v) is 5.41. The fourth-order valence-electron chi connectivity index (χ4n) is 1.14. The third-order valence-electron chi connectivity index (χ3n) is 1.68. The number of aliphatic hydroxyl groups excluding tert-OH is 1. The molecule has 0 aliphatic carbocycles. The molecule has 0 aromatic rings. The zero-order chi connectivity index (χ0) is 6.85. The Morgan fingerprint density at radius 1 is 1.78 bits per heavy atom. The molecule has 2 atom stereocenters. The standard InChI is InChI=1S/C6H10N2O/c1-5-2-6(9)3-8(5)4-7/h5-6,9H,2-3H2,1H3/t5?,6-/m0/s1. The monoisotopic (exact) mass is 126 g/mol. The predicted molar refractivity (Wildman–Crippen MR) is 32.4 cm³/mol. The van der Waals surface area contributed by atoms with Gasteiger partial charge >= 0.3 is 0 Å². The van der Waals surface area contributed by atoms with Crippen LogP contribution in [0.2, 0.25) is 0 Å². The molecule has 3 nitrogen and oxygen atoms in total. The molecule has 0 radical (unpaired) electrons. The van der Waals surface area contributed by atoms with E-state index in [1.807, 2.05) is 13.1 Å². The van der Waals surface area contributed by atoms with Gasteiger partial charge in [-0.05, 0) is 13.3 Å². The molecule has 1 aliphatic heterocycles. The van der Waals surface area contributed by atoms with Gasteiger partial charge in [-0.25, -0.2) is 0 Å². The van der Waals surface area contributed by atoms with Crippen molar-refractivity contribution < 1.29 is 5.11 Å². The van der Waals surface area contributed by atoms with Crippen molar-refractivity contribution in [3.05, 3.63) is 0 Å². The average Bonchev–Trinajstić information content (AvgIpc) is 2.10. The molecule has 0 saturated carbocycles. The van der Waals surface area contributed by atoms with E-state index in [0.717, 1.165) is 6.42 Å². The number of hydrogen-bond acceptors (Lipinski definition) is 3. The van der Waals surface area contributed by atoms with Crippen LogP contribution in [0.25, 0.3) is 0 Å². The molecular formula is C6H10N2O. The predicted octanol–water partition coefficient (Wildman–Crippen LogP) is -0.0774. The van der Waals surface area contributed by atoms with E-state index in [1.165, 1.54) is 0 Å². The number of hydrogen-bond donors (Lipinski definition) is 1. The summed E-state index contributed by atoms with van der Waals surface area (Å²) in [5.74, 6) is 0. The molecule has 50 valence electrons.